The van der Waals surface area contributed by atoms with Crippen molar-refractivity contribution in [2.24, 2.45) is 0 Å². The lowest BCUT2D eigenvalue weighted by Crippen LogP contribution is -2.28. The smallest absolute Gasteiger partial charge is 0.293 e. The Morgan fingerprint density at radius 3 is 2.36 bits per heavy atom. The van der Waals surface area contributed by atoms with E-state index in [9.17, 15) is 20.0 Å². The highest BCUT2D eigenvalue weighted by atomic mass is 16.6. The van der Waals surface area contributed by atoms with E-state index in [1.54, 1.807) is 36.4 Å². The fraction of sp³-hybridized carbons (Fsp3) is 0.316. The van der Waals surface area contributed by atoms with Crippen LogP contribution in [0, 0.1) is 10.1 Å². The van der Waals surface area contributed by atoms with E-state index in [1.165, 1.54) is 6.07 Å². The van der Waals surface area contributed by atoms with Crippen LogP contribution >= 0.6 is 0 Å². The molecule has 0 aromatic heterocycles. The maximum atomic E-state index is 12.5. The normalized spacial score (nSPS) is 20.0. The summed E-state index contributed by atoms with van der Waals surface area (Å²) in [5.74, 6) is -0.240. The Kier molecular flexibility index (Phi) is 5.09. The van der Waals surface area contributed by atoms with Gasteiger partial charge in [0.1, 0.15) is 5.69 Å². The van der Waals surface area contributed by atoms with Gasteiger partial charge in [-0.1, -0.05) is 30.3 Å². The third-order valence-electron chi connectivity index (χ3n) is 4.55. The molecule has 6 nitrogen and oxygen atoms in total. The number of ketones is 1. The Hall–Kier alpha value is -2.73. The van der Waals surface area contributed by atoms with Crippen LogP contribution in [0.25, 0.3) is 0 Å². The van der Waals surface area contributed by atoms with Crippen LogP contribution in [0.4, 0.5) is 11.4 Å². The number of nitro groups is 1. The van der Waals surface area contributed by atoms with Gasteiger partial charge in [-0.05, 0) is 37.8 Å². The van der Waals surface area contributed by atoms with Gasteiger partial charge in [-0.25, -0.2) is 0 Å². The number of hydrogen-bond acceptors (Lipinski definition) is 5. The second kappa shape index (κ2) is 7.44. The van der Waals surface area contributed by atoms with E-state index in [0.717, 1.165) is 12.8 Å². The maximum absolute atomic E-state index is 12.5. The van der Waals surface area contributed by atoms with Gasteiger partial charge in [-0.2, -0.15) is 0 Å². The highest BCUT2D eigenvalue weighted by Crippen LogP contribution is 2.30. The standard InChI is InChI=1S/C19H20N2O4/c22-16-9-7-15(8-10-16)20-17-11-6-14(12-18(17)21(24)25)19(23)13-4-2-1-3-5-13/h1-6,11-12,15-16,20,22H,7-10H2/t15-,16-. The largest absolute Gasteiger partial charge is 0.393 e. The van der Waals surface area contributed by atoms with Gasteiger partial charge in [0.15, 0.2) is 5.78 Å². The Bertz CT molecular complexity index is 768. The second-order valence-electron chi connectivity index (χ2n) is 6.33. The second-order valence-corrected chi connectivity index (χ2v) is 6.33. The molecule has 0 atom stereocenters. The van der Waals surface area contributed by atoms with Gasteiger partial charge in [0, 0.05) is 23.2 Å². The summed E-state index contributed by atoms with van der Waals surface area (Å²) >= 11 is 0. The summed E-state index contributed by atoms with van der Waals surface area (Å²) in [5, 5.41) is 24.2. The fourth-order valence-electron chi connectivity index (χ4n) is 3.14. The maximum Gasteiger partial charge on any atom is 0.293 e. The zero-order valence-electron chi connectivity index (χ0n) is 13.7. The number of aliphatic hydroxyl groups excluding tert-OH is 1. The number of rotatable bonds is 5. The molecule has 2 aromatic rings. The predicted molar refractivity (Wildman–Crippen MR) is 94.9 cm³/mol. The van der Waals surface area contributed by atoms with Crippen molar-refractivity contribution in [1.29, 1.82) is 0 Å². The minimum atomic E-state index is -0.470. The number of aliphatic hydroxyl groups is 1. The van der Waals surface area contributed by atoms with Crippen LogP contribution in [0.1, 0.15) is 41.6 Å². The van der Waals surface area contributed by atoms with Crippen LogP contribution < -0.4 is 5.32 Å². The van der Waals surface area contributed by atoms with Crippen molar-refractivity contribution >= 4 is 17.2 Å². The number of hydrogen-bond donors (Lipinski definition) is 2. The predicted octanol–water partition coefficient (Wildman–Crippen LogP) is 3.54. The summed E-state index contributed by atoms with van der Waals surface area (Å²) < 4.78 is 0. The van der Waals surface area contributed by atoms with E-state index in [-0.39, 0.29) is 23.6 Å². The van der Waals surface area contributed by atoms with E-state index in [1.807, 2.05) is 6.07 Å². The molecule has 0 amide bonds. The Balaban J connectivity index is 1.83. The highest BCUT2D eigenvalue weighted by Gasteiger charge is 2.23. The highest BCUT2D eigenvalue weighted by molar-refractivity contribution is 6.09. The van der Waals surface area contributed by atoms with Gasteiger partial charge in [-0.15, -0.1) is 0 Å². The number of nitro benzene ring substituents is 1. The number of benzene rings is 2. The summed E-state index contributed by atoms with van der Waals surface area (Å²) in [4.78, 5) is 23.5. The number of nitrogens with zero attached hydrogens (tertiary/aromatic N) is 1. The van der Waals surface area contributed by atoms with Crippen molar-refractivity contribution in [3.8, 4) is 0 Å². The van der Waals surface area contributed by atoms with Gasteiger partial charge >= 0.3 is 0 Å². The van der Waals surface area contributed by atoms with Gasteiger partial charge in [0.2, 0.25) is 0 Å². The molecule has 2 aromatic carbocycles. The molecule has 0 radical (unpaired) electrons. The summed E-state index contributed by atoms with van der Waals surface area (Å²) in [6, 6.07) is 13.3. The minimum absolute atomic E-state index is 0.0952. The molecular formula is C19H20N2O4. The minimum Gasteiger partial charge on any atom is -0.393 e. The lowest BCUT2D eigenvalue weighted by atomic mass is 9.93. The molecule has 0 bridgehead atoms. The average molecular weight is 340 g/mol. The first-order chi connectivity index (χ1) is 12.0. The topological polar surface area (TPSA) is 92.5 Å². The SMILES string of the molecule is O=C(c1ccccc1)c1ccc(N[C@H]2CC[C@H](O)CC2)c([N+](=O)[O-])c1. The molecule has 1 aliphatic rings. The van der Waals surface area contributed by atoms with Crippen LogP contribution in [-0.4, -0.2) is 28.0 Å². The van der Waals surface area contributed by atoms with Gasteiger partial charge in [0.05, 0.1) is 11.0 Å². The van der Waals surface area contributed by atoms with E-state index >= 15 is 0 Å². The summed E-state index contributed by atoms with van der Waals surface area (Å²) in [6.45, 7) is 0. The molecule has 25 heavy (non-hydrogen) atoms. The fourth-order valence-corrected chi connectivity index (χ4v) is 3.14. The molecule has 6 heteroatoms. The molecule has 1 saturated carbocycles. The molecule has 2 N–H and O–H groups in total. The van der Waals surface area contributed by atoms with Crippen LogP contribution in [0.2, 0.25) is 0 Å². The Morgan fingerprint density at radius 1 is 1.04 bits per heavy atom. The van der Waals surface area contributed by atoms with Crippen molar-refractivity contribution in [3.05, 3.63) is 69.8 Å². The molecule has 1 aliphatic carbocycles. The zero-order chi connectivity index (χ0) is 17.8. The lowest BCUT2D eigenvalue weighted by molar-refractivity contribution is -0.384. The third-order valence-corrected chi connectivity index (χ3v) is 4.55. The Labute approximate surface area is 145 Å². The third kappa shape index (κ3) is 4.03. The molecule has 3 rings (SSSR count). The average Bonchev–Trinajstić information content (AvgIpc) is 2.64. The van der Waals surface area contributed by atoms with Crippen molar-refractivity contribution in [2.75, 3.05) is 5.32 Å². The van der Waals surface area contributed by atoms with Crippen LogP contribution in [0.3, 0.4) is 0 Å². The number of carbonyl (C=O) groups is 1. The monoisotopic (exact) mass is 340 g/mol. The van der Waals surface area contributed by atoms with Gasteiger partial charge in [-0.3, -0.25) is 14.9 Å². The van der Waals surface area contributed by atoms with E-state index in [0.29, 0.717) is 29.7 Å². The first kappa shape index (κ1) is 17.1. The summed E-state index contributed by atoms with van der Waals surface area (Å²) in [5.41, 5.74) is 1.10. The van der Waals surface area contributed by atoms with Crippen LogP contribution in [0.5, 0.6) is 0 Å². The van der Waals surface area contributed by atoms with Crippen LogP contribution in [0.15, 0.2) is 48.5 Å². The zero-order valence-corrected chi connectivity index (χ0v) is 13.7. The number of carbonyl (C=O) groups excluding carboxylic acids is 1. The number of nitrogens with one attached hydrogen (secondary N) is 1. The molecule has 130 valence electrons. The lowest BCUT2D eigenvalue weighted by Gasteiger charge is -2.26. The van der Waals surface area contributed by atoms with E-state index in [4.69, 9.17) is 0 Å². The van der Waals surface area contributed by atoms with E-state index in [2.05, 4.69) is 5.32 Å². The van der Waals surface area contributed by atoms with Gasteiger partial charge in [0.25, 0.3) is 5.69 Å². The van der Waals surface area contributed by atoms with Crippen molar-refractivity contribution < 1.29 is 14.8 Å². The van der Waals surface area contributed by atoms with Crippen molar-refractivity contribution in [2.45, 2.75) is 37.8 Å². The van der Waals surface area contributed by atoms with Crippen molar-refractivity contribution in [1.82, 2.24) is 0 Å². The molecule has 0 saturated heterocycles. The number of anilines is 1. The van der Waals surface area contributed by atoms with Crippen LogP contribution in [-0.2, 0) is 0 Å². The summed E-state index contributed by atoms with van der Waals surface area (Å²) in [6.07, 6.45) is 2.64. The molecule has 1 fully saturated rings. The molecule has 0 heterocycles. The van der Waals surface area contributed by atoms with Crippen molar-refractivity contribution in [3.63, 3.8) is 0 Å². The molecule has 0 spiro atoms. The molecule has 0 unspecified atom stereocenters. The quantitative estimate of drug-likeness (QED) is 0.493. The molecule has 0 aliphatic heterocycles. The first-order valence-corrected chi connectivity index (χ1v) is 8.37. The molecular weight excluding hydrogens is 320 g/mol. The summed E-state index contributed by atoms with van der Waals surface area (Å²) in [7, 11) is 0. The van der Waals surface area contributed by atoms with Gasteiger partial charge < -0.3 is 10.4 Å². The Morgan fingerprint density at radius 2 is 1.72 bits per heavy atom. The first-order valence-electron chi connectivity index (χ1n) is 8.37. The van der Waals surface area contributed by atoms with E-state index < -0.39 is 4.92 Å².